The Bertz CT molecular complexity index is 353. The first-order chi connectivity index (χ1) is 8.31. The number of halogens is 1. The summed E-state index contributed by atoms with van der Waals surface area (Å²) >= 11 is 0. The predicted molar refractivity (Wildman–Crippen MR) is 63.4 cm³/mol. The highest BCUT2D eigenvalue weighted by Crippen LogP contribution is 2.22. The average molecular weight is 239 g/mol. The van der Waals surface area contributed by atoms with E-state index < -0.39 is 0 Å². The van der Waals surface area contributed by atoms with Crippen LogP contribution >= 0.6 is 0 Å². The fourth-order valence-electron chi connectivity index (χ4n) is 2.18. The van der Waals surface area contributed by atoms with Crippen LogP contribution in [0.4, 0.5) is 4.39 Å². The Morgan fingerprint density at radius 2 is 2.29 bits per heavy atom. The number of hydrogen-bond donors (Lipinski definition) is 2. The van der Waals surface area contributed by atoms with E-state index in [1.165, 1.54) is 6.07 Å². The van der Waals surface area contributed by atoms with Gasteiger partial charge in [-0.1, -0.05) is 12.1 Å². The quantitative estimate of drug-likeness (QED) is 0.816. The Kier molecular flexibility index (Phi) is 4.34. The fraction of sp³-hybridized carbons (Fsp3) is 0.538. The third-order valence-electron chi connectivity index (χ3n) is 3.29. The molecule has 1 aromatic carbocycles. The lowest BCUT2D eigenvalue weighted by Crippen LogP contribution is -2.27. The first kappa shape index (κ1) is 12.3. The van der Waals surface area contributed by atoms with Gasteiger partial charge >= 0.3 is 0 Å². The van der Waals surface area contributed by atoms with E-state index in [2.05, 4.69) is 5.32 Å². The van der Waals surface area contributed by atoms with E-state index in [0.29, 0.717) is 12.5 Å². The molecule has 2 N–H and O–H groups in total. The molecular formula is C13H18FNO2. The molecule has 0 aliphatic carbocycles. The summed E-state index contributed by atoms with van der Waals surface area (Å²) in [5.41, 5.74) is 0. The third kappa shape index (κ3) is 3.17. The molecule has 17 heavy (non-hydrogen) atoms. The summed E-state index contributed by atoms with van der Waals surface area (Å²) < 4.78 is 18.8. The molecule has 0 amide bonds. The van der Waals surface area contributed by atoms with Gasteiger partial charge in [0.2, 0.25) is 0 Å². The van der Waals surface area contributed by atoms with Gasteiger partial charge in [-0.2, -0.15) is 0 Å². The van der Waals surface area contributed by atoms with Gasteiger partial charge in [0, 0.05) is 12.5 Å². The number of hydrogen-bond acceptors (Lipinski definition) is 3. The summed E-state index contributed by atoms with van der Waals surface area (Å²) in [6.45, 7) is 2.34. The average Bonchev–Trinajstić information content (AvgIpc) is 2.86. The van der Waals surface area contributed by atoms with Crippen molar-refractivity contribution in [3.63, 3.8) is 0 Å². The molecule has 94 valence electrons. The summed E-state index contributed by atoms with van der Waals surface area (Å²) in [4.78, 5) is 0. The molecule has 1 fully saturated rings. The molecule has 1 aliphatic rings. The molecule has 1 heterocycles. The van der Waals surface area contributed by atoms with Crippen molar-refractivity contribution in [3.05, 3.63) is 30.1 Å². The lowest BCUT2D eigenvalue weighted by molar-refractivity contribution is 0.121. The first-order valence-electron chi connectivity index (χ1n) is 6.00. The van der Waals surface area contributed by atoms with Gasteiger partial charge in [-0.3, -0.25) is 0 Å². The molecule has 0 spiro atoms. The minimum atomic E-state index is -0.353. The van der Waals surface area contributed by atoms with E-state index in [4.69, 9.17) is 4.74 Å². The Balaban J connectivity index is 1.89. The predicted octanol–water partition coefficient (Wildman–Crippen LogP) is 1.42. The molecule has 1 aliphatic heterocycles. The zero-order chi connectivity index (χ0) is 12.1. The van der Waals surface area contributed by atoms with Crippen LogP contribution in [0.3, 0.4) is 0 Å². The minimum Gasteiger partial charge on any atom is -0.490 e. The molecule has 4 heteroatoms. The molecule has 0 aromatic heterocycles. The van der Waals surface area contributed by atoms with Crippen LogP contribution in [0.2, 0.25) is 0 Å². The molecule has 0 bridgehead atoms. The van der Waals surface area contributed by atoms with Crippen molar-refractivity contribution >= 4 is 0 Å². The Morgan fingerprint density at radius 1 is 1.47 bits per heavy atom. The molecular weight excluding hydrogens is 221 g/mol. The van der Waals surface area contributed by atoms with Crippen molar-refractivity contribution < 1.29 is 14.2 Å². The summed E-state index contributed by atoms with van der Waals surface area (Å²) in [5.74, 6) is 0.405. The number of nitrogens with one attached hydrogen (secondary N) is 1. The second-order valence-electron chi connectivity index (χ2n) is 4.44. The number of aliphatic hydroxyl groups is 1. The zero-order valence-electron chi connectivity index (χ0n) is 9.73. The number of para-hydroxylation sites is 1. The first-order valence-corrected chi connectivity index (χ1v) is 6.00. The van der Waals surface area contributed by atoms with E-state index in [1.807, 2.05) is 0 Å². The molecule has 2 atom stereocenters. The van der Waals surface area contributed by atoms with Crippen molar-refractivity contribution in [1.29, 1.82) is 0 Å². The third-order valence-corrected chi connectivity index (χ3v) is 3.29. The number of ether oxygens (including phenoxy) is 1. The van der Waals surface area contributed by atoms with E-state index >= 15 is 0 Å². The fourth-order valence-corrected chi connectivity index (χ4v) is 2.18. The molecule has 0 saturated carbocycles. The Hall–Kier alpha value is -1.13. The summed E-state index contributed by atoms with van der Waals surface area (Å²) in [5, 5.41) is 12.6. The molecule has 3 nitrogen and oxygen atoms in total. The van der Waals surface area contributed by atoms with E-state index in [0.717, 1.165) is 19.5 Å². The van der Waals surface area contributed by atoms with Gasteiger partial charge in [0.25, 0.3) is 0 Å². The van der Waals surface area contributed by atoms with Crippen LogP contribution in [0, 0.1) is 17.7 Å². The summed E-state index contributed by atoms with van der Waals surface area (Å²) in [6.07, 6.45) is 1.05. The normalized spacial score (nSPS) is 21.4. The smallest absolute Gasteiger partial charge is 0.165 e. The summed E-state index contributed by atoms with van der Waals surface area (Å²) in [6, 6.07) is 6.35. The number of benzene rings is 1. The van der Waals surface area contributed by atoms with E-state index in [9.17, 15) is 9.50 Å². The van der Waals surface area contributed by atoms with Gasteiger partial charge in [0.05, 0.1) is 6.61 Å². The Morgan fingerprint density at radius 3 is 2.94 bits per heavy atom. The number of aliphatic hydroxyl groups excluding tert-OH is 1. The van der Waals surface area contributed by atoms with Crippen LogP contribution in [0.25, 0.3) is 0 Å². The Labute approximate surface area is 101 Å². The molecule has 1 aromatic rings. The van der Waals surface area contributed by atoms with E-state index in [-0.39, 0.29) is 24.1 Å². The maximum atomic E-state index is 13.3. The minimum absolute atomic E-state index is 0.0737. The monoisotopic (exact) mass is 239 g/mol. The topological polar surface area (TPSA) is 41.5 Å². The second kappa shape index (κ2) is 5.98. The van der Waals surface area contributed by atoms with Crippen LogP contribution in [0.1, 0.15) is 6.42 Å². The highest BCUT2D eigenvalue weighted by molar-refractivity contribution is 5.23. The van der Waals surface area contributed by atoms with Crippen LogP contribution < -0.4 is 10.1 Å². The highest BCUT2D eigenvalue weighted by Gasteiger charge is 2.25. The molecule has 0 radical (unpaired) electrons. The van der Waals surface area contributed by atoms with Crippen LogP contribution in [-0.2, 0) is 0 Å². The summed E-state index contributed by atoms with van der Waals surface area (Å²) in [7, 11) is 0. The standard InChI is InChI=1S/C13H18FNO2/c14-12-3-1-2-4-13(12)17-9-11(8-16)10-5-6-15-7-10/h1-4,10-11,15-16H,5-9H2. The molecule has 2 rings (SSSR count). The lowest BCUT2D eigenvalue weighted by atomic mass is 9.93. The van der Waals surface area contributed by atoms with Crippen LogP contribution in [0.15, 0.2) is 24.3 Å². The van der Waals surface area contributed by atoms with Crippen molar-refractivity contribution in [1.82, 2.24) is 5.32 Å². The number of rotatable bonds is 5. The SMILES string of the molecule is OCC(COc1ccccc1F)C1CCNC1. The van der Waals surface area contributed by atoms with Crippen molar-refractivity contribution in [2.24, 2.45) is 11.8 Å². The van der Waals surface area contributed by atoms with Crippen molar-refractivity contribution in [3.8, 4) is 5.75 Å². The van der Waals surface area contributed by atoms with E-state index in [1.54, 1.807) is 18.2 Å². The van der Waals surface area contributed by atoms with Gasteiger partial charge in [0.1, 0.15) is 0 Å². The van der Waals surface area contributed by atoms with Crippen LogP contribution in [0.5, 0.6) is 5.75 Å². The zero-order valence-corrected chi connectivity index (χ0v) is 9.73. The second-order valence-corrected chi connectivity index (χ2v) is 4.44. The van der Waals surface area contributed by atoms with Crippen molar-refractivity contribution in [2.75, 3.05) is 26.3 Å². The van der Waals surface area contributed by atoms with Gasteiger partial charge in [0.15, 0.2) is 11.6 Å². The lowest BCUT2D eigenvalue weighted by Gasteiger charge is -2.21. The van der Waals surface area contributed by atoms with Crippen molar-refractivity contribution in [2.45, 2.75) is 6.42 Å². The molecule has 1 saturated heterocycles. The van der Waals surface area contributed by atoms with Gasteiger partial charge in [-0.25, -0.2) is 4.39 Å². The van der Waals surface area contributed by atoms with Gasteiger partial charge < -0.3 is 15.2 Å². The maximum Gasteiger partial charge on any atom is 0.165 e. The van der Waals surface area contributed by atoms with Crippen LogP contribution in [-0.4, -0.2) is 31.4 Å². The molecule has 2 unspecified atom stereocenters. The van der Waals surface area contributed by atoms with Gasteiger partial charge in [-0.15, -0.1) is 0 Å². The largest absolute Gasteiger partial charge is 0.490 e. The van der Waals surface area contributed by atoms with Gasteiger partial charge in [-0.05, 0) is 37.6 Å². The maximum absolute atomic E-state index is 13.3. The highest BCUT2D eigenvalue weighted by atomic mass is 19.1.